The molecule has 0 bridgehead atoms. The Morgan fingerprint density at radius 1 is 1.30 bits per heavy atom. The van der Waals surface area contributed by atoms with Crippen molar-refractivity contribution in [3.63, 3.8) is 0 Å². The van der Waals surface area contributed by atoms with Gasteiger partial charge >= 0.3 is 0 Å². The van der Waals surface area contributed by atoms with Crippen LogP contribution in [0.1, 0.15) is 38.2 Å². The number of nitrogens with zero attached hydrogens (tertiary/aromatic N) is 2. The number of rotatable bonds is 13. The van der Waals surface area contributed by atoms with Crippen molar-refractivity contribution in [2.45, 2.75) is 39.2 Å². The lowest BCUT2D eigenvalue weighted by atomic mass is 10.2. The van der Waals surface area contributed by atoms with Crippen molar-refractivity contribution in [3.8, 4) is 11.5 Å². The van der Waals surface area contributed by atoms with Gasteiger partial charge in [0.25, 0.3) is 0 Å². The maximum atomic E-state index is 8.90. The molecule has 1 rings (SSSR count). The molecule has 1 aromatic carbocycles. The SMILES string of the molecule is C=CCCCCCN(C)C(=NCc1ccc(OCCO)c(OC)c1)NCC. The van der Waals surface area contributed by atoms with Crippen molar-refractivity contribution in [1.29, 1.82) is 0 Å². The first-order valence-corrected chi connectivity index (χ1v) is 9.67. The number of aliphatic hydroxyl groups excluding tert-OH is 1. The predicted molar refractivity (Wildman–Crippen MR) is 112 cm³/mol. The molecule has 0 aromatic heterocycles. The normalized spacial score (nSPS) is 11.2. The number of hydrogen-bond acceptors (Lipinski definition) is 4. The summed E-state index contributed by atoms with van der Waals surface area (Å²) in [5.74, 6) is 2.18. The van der Waals surface area contributed by atoms with Crippen LogP contribution < -0.4 is 14.8 Å². The monoisotopic (exact) mass is 377 g/mol. The Morgan fingerprint density at radius 2 is 2.11 bits per heavy atom. The molecular weight excluding hydrogens is 342 g/mol. The third kappa shape index (κ3) is 8.82. The van der Waals surface area contributed by atoms with Crippen molar-refractivity contribution in [3.05, 3.63) is 36.4 Å². The standard InChI is InChI=1S/C21H35N3O3/c1-5-7-8-9-10-13-24(3)21(22-6-2)23-17-18-11-12-19(27-15-14-25)20(16-18)26-4/h5,11-12,16,25H,1,6-10,13-15,17H2,2-4H3,(H,22,23). The van der Waals surface area contributed by atoms with Crippen LogP contribution in [0.4, 0.5) is 0 Å². The van der Waals surface area contributed by atoms with E-state index in [1.807, 2.05) is 24.3 Å². The molecule has 2 N–H and O–H groups in total. The molecule has 0 aliphatic heterocycles. The molecule has 0 amide bonds. The van der Waals surface area contributed by atoms with E-state index in [1.165, 1.54) is 12.8 Å². The summed E-state index contributed by atoms with van der Waals surface area (Å²) in [5.41, 5.74) is 1.04. The molecule has 0 unspecified atom stereocenters. The molecule has 0 saturated heterocycles. The second-order valence-corrected chi connectivity index (χ2v) is 6.29. The number of unbranched alkanes of at least 4 members (excludes halogenated alkanes) is 3. The molecule has 0 fully saturated rings. The van der Waals surface area contributed by atoms with Crippen molar-refractivity contribution in [2.24, 2.45) is 4.99 Å². The zero-order valence-electron chi connectivity index (χ0n) is 17.0. The minimum absolute atomic E-state index is 0.0266. The van der Waals surface area contributed by atoms with Crippen LogP contribution in [0.2, 0.25) is 0 Å². The van der Waals surface area contributed by atoms with Gasteiger partial charge in [0.2, 0.25) is 0 Å². The van der Waals surface area contributed by atoms with E-state index in [4.69, 9.17) is 19.6 Å². The summed E-state index contributed by atoms with van der Waals surface area (Å²) in [6, 6.07) is 5.75. The lowest BCUT2D eigenvalue weighted by Gasteiger charge is -2.22. The van der Waals surface area contributed by atoms with Crippen molar-refractivity contribution in [1.82, 2.24) is 10.2 Å². The first kappa shape index (κ1) is 22.8. The summed E-state index contributed by atoms with van der Waals surface area (Å²) in [6.07, 6.45) is 6.58. The molecule has 152 valence electrons. The molecule has 0 radical (unpaired) electrons. The number of nitrogens with one attached hydrogen (secondary N) is 1. The summed E-state index contributed by atoms with van der Waals surface area (Å²) < 4.78 is 10.9. The Balaban J connectivity index is 2.69. The van der Waals surface area contributed by atoms with Crippen LogP contribution >= 0.6 is 0 Å². The zero-order chi connectivity index (χ0) is 19.9. The van der Waals surface area contributed by atoms with Crippen molar-refractivity contribution < 1.29 is 14.6 Å². The second kappa shape index (κ2) is 13.9. The maximum Gasteiger partial charge on any atom is 0.193 e. The number of allylic oxidation sites excluding steroid dienone is 1. The molecule has 0 spiro atoms. The summed E-state index contributed by atoms with van der Waals surface area (Å²) in [6.45, 7) is 8.41. The highest BCUT2D eigenvalue weighted by atomic mass is 16.5. The fourth-order valence-corrected chi connectivity index (χ4v) is 2.64. The van der Waals surface area contributed by atoms with Crippen LogP contribution in [-0.2, 0) is 6.54 Å². The molecule has 27 heavy (non-hydrogen) atoms. The highest BCUT2D eigenvalue weighted by Gasteiger charge is 2.08. The van der Waals surface area contributed by atoms with Gasteiger partial charge in [-0.3, -0.25) is 0 Å². The minimum atomic E-state index is -0.0266. The van der Waals surface area contributed by atoms with Crippen LogP contribution in [-0.4, -0.2) is 56.4 Å². The fraction of sp³-hybridized carbons (Fsp3) is 0.571. The van der Waals surface area contributed by atoms with Gasteiger partial charge in [0.15, 0.2) is 17.5 Å². The summed E-state index contributed by atoms with van der Waals surface area (Å²) in [7, 11) is 3.68. The van der Waals surface area contributed by atoms with Crippen LogP contribution in [0.3, 0.4) is 0 Å². The molecule has 0 atom stereocenters. The Hall–Kier alpha value is -2.21. The van der Waals surface area contributed by atoms with Crippen molar-refractivity contribution >= 4 is 5.96 Å². The van der Waals surface area contributed by atoms with Gasteiger partial charge < -0.3 is 24.8 Å². The van der Waals surface area contributed by atoms with E-state index in [0.29, 0.717) is 18.0 Å². The predicted octanol–water partition coefficient (Wildman–Crippen LogP) is 3.21. The van der Waals surface area contributed by atoms with Gasteiger partial charge in [-0.2, -0.15) is 0 Å². The molecule has 0 aliphatic rings. The van der Waals surface area contributed by atoms with Crippen molar-refractivity contribution in [2.75, 3.05) is 40.5 Å². The Labute approximate surface area is 163 Å². The van der Waals surface area contributed by atoms with Gasteiger partial charge in [0, 0.05) is 20.1 Å². The molecule has 0 aliphatic carbocycles. The molecule has 6 heteroatoms. The number of aliphatic hydroxyl groups is 1. The van der Waals surface area contributed by atoms with Gasteiger partial charge in [0.05, 0.1) is 20.3 Å². The Bertz CT molecular complexity index is 576. The van der Waals surface area contributed by atoms with Gasteiger partial charge in [-0.15, -0.1) is 6.58 Å². The highest BCUT2D eigenvalue weighted by molar-refractivity contribution is 5.79. The first-order valence-electron chi connectivity index (χ1n) is 9.67. The summed E-state index contributed by atoms with van der Waals surface area (Å²) in [4.78, 5) is 6.92. The fourth-order valence-electron chi connectivity index (χ4n) is 2.64. The molecule has 0 saturated carbocycles. The average molecular weight is 378 g/mol. The number of ether oxygens (including phenoxy) is 2. The molecule has 6 nitrogen and oxygen atoms in total. The summed E-state index contributed by atoms with van der Waals surface area (Å²) >= 11 is 0. The van der Waals surface area contributed by atoms with E-state index in [-0.39, 0.29) is 13.2 Å². The van der Waals surface area contributed by atoms with Gasteiger partial charge in [0.1, 0.15) is 6.61 Å². The van der Waals surface area contributed by atoms with Crippen LogP contribution in [0.15, 0.2) is 35.8 Å². The Kier molecular flexibility index (Phi) is 11.8. The van der Waals surface area contributed by atoms with Gasteiger partial charge in [-0.25, -0.2) is 4.99 Å². The third-order valence-electron chi connectivity index (χ3n) is 4.09. The number of methoxy groups -OCH3 is 1. The van der Waals surface area contributed by atoms with Crippen LogP contribution in [0.25, 0.3) is 0 Å². The van der Waals surface area contributed by atoms with E-state index in [1.54, 1.807) is 7.11 Å². The van der Waals surface area contributed by atoms with E-state index >= 15 is 0 Å². The van der Waals surface area contributed by atoms with Gasteiger partial charge in [-0.1, -0.05) is 18.6 Å². The maximum absolute atomic E-state index is 8.90. The lowest BCUT2D eigenvalue weighted by molar-refractivity contribution is 0.196. The lowest BCUT2D eigenvalue weighted by Crippen LogP contribution is -2.39. The third-order valence-corrected chi connectivity index (χ3v) is 4.09. The number of aliphatic imine (C=N–C) groups is 1. The van der Waals surface area contributed by atoms with E-state index < -0.39 is 0 Å². The van der Waals surface area contributed by atoms with Gasteiger partial charge in [-0.05, 0) is 43.9 Å². The van der Waals surface area contributed by atoms with E-state index in [0.717, 1.165) is 37.5 Å². The number of guanidine groups is 1. The molecule has 0 heterocycles. The quantitative estimate of drug-likeness (QED) is 0.239. The highest BCUT2D eigenvalue weighted by Crippen LogP contribution is 2.28. The molecular formula is C21H35N3O3. The number of benzene rings is 1. The minimum Gasteiger partial charge on any atom is -0.493 e. The average Bonchev–Trinajstić information content (AvgIpc) is 2.69. The number of hydrogen-bond donors (Lipinski definition) is 2. The van der Waals surface area contributed by atoms with E-state index in [2.05, 4.69) is 30.8 Å². The van der Waals surface area contributed by atoms with Crippen LogP contribution in [0.5, 0.6) is 11.5 Å². The van der Waals surface area contributed by atoms with E-state index in [9.17, 15) is 0 Å². The topological polar surface area (TPSA) is 66.3 Å². The summed E-state index contributed by atoms with van der Waals surface area (Å²) in [5, 5.41) is 12.2. The smallest absolute Gasteiger partial charge is 0.193 e. The largest absolute Gasteiger partial charge is 0.493 e. The first-order chi connectivity index (χ1) is 13.2. The second-order valence-electron chi connectivity index (χ2n) is 6.29. The zero-order valence-corrected chi connectivity index (χ0v) is 17.0. The Morgan fingerprint density at radius 3 is 2.78 bits per heavy atom. The van der Waals surface area contributed by atoms with Crippen LogP contribution in [0, 0.1) is 0 Å². The molecule has 1 aromatic rings.